The van der Waals surface area contributed by atoms with Crippen LogP contribution in [0.2, 0.25) is 0 Å². The molecule has 0 atom stereocenters. The zero-order valence-electron chi connectivity index (χ0n) is 8.76. The summed E-state index contributed by atoms with van der Waals surface area (Å²) in [5, 5.41) is 9.20. The molecule has 1 aromatic rings. The van der Waals surface area contributed by atoms with Crippen LogP contribution < -0.4 is 4.72 Å². The fourth-order valence-electron chi connectivity index (χ4n) is 1.75. The quantitative estimate of drug-likeness (QED) is 0.794. The Labute approximate surface area is 94.6 Å². The number of aliphatic hydroxyl groups is 1. The van der Waals surface area contributed by atoms with Crippen LogP contribution in [0.15, 0.2) is 29.4 Å². The second kappa shape index (κ2) is 4.12. The van der Waals surface area contributed by atoms with E-state index in [4.69, 9.17) is 0 Å². The van der Waals surface area contributed by atoms with Gasteiger partial charge in [0.2, 0.25) is 10.0 Å². The minimum Gasteiger partial charge on any atom is -0.394 e. The predicted octanol–water partition coefficient (Wildman–Crippen LogP) is 0.275. The maximum atomic E-state index is 11.9. The molecule has 0 aromatic carbocycles. The molecular weight excluding hydrogens is 228 g/mol. The molecule has 88 valence electrons. The zero-order valence-corrected chi connectivity index (χ0v) is 9.57. The third kappa shape index (κ3) is 2.09. The SMILES string of the molecule is O=S(=O)(NC1(CO)CCC1)c1cccnc1. The normalized spacial score (nSPS) is 19.1. The number of nitrogens with one attached hydrogen (secondary N) is 1. The van der Waals surface area contributed by atoms with Crippen LogP contribution in [-0.2, 0) is 10.0 Å². The van der Waals surface area contributed by atoms with E-state index in [0.29, 0.717) is 12.8 Å². The maximum Gasteiger partial charge on any atom is 0.242 e. The summed E-state index contributed by atoms with van der Waals surface area (Å²) in [5.41, 5.74) is -0.658. The number of aliphatic hydroxyl groups excluding tert-OH is 1. The van der Waals surface area contributed by atoms with Crippen molar-refractivity contribution in [2.24, 2.45) is 0 Å². The highest BCUT2D eigenvalue weighted by atomic mass is 32.2. The molecule has 0 saturated heterocycles. The molecule has 0 radical (unpaired) electrons. The topological polar surface area (TPSA) is 79.3 Å². The van der Waals surface area contributed by atoms with Crippen LogP contribution in [0, 0.1) is 0 Å². The number of sulfonamides is 1. The number of rotatable bonds is 4. The van der Waals surface area contributed by atoms with Crippen molar-refractivity contribution in [2.75, 3.05) is 6.61 Å². The fraction of sp³-hybridized carbons (Fsp3) is 0.500. The zero-order chi connectivity index (χ0) is 11.6. The van der Waals surface area contributed by atoms with Crippen LogP contribution in [0.1, 0.15) is 19.3 Å². The molecule has 0 aliphatic heterocycles. The summed E-state index contributed by atoms with van der Waals surface area (Å²) < 4.78 is 26.4. The van der Waals surface area contributed by atoms with Crippen molar-refractivity contribution in [3.63, 3.8) is 0 Å². The van der Waals surface area contributed by atoms with E-state index < -0.39 is 15.6 Å². The minimum absolute atomic E-state index is 0.134. The second-order valence-electron chi connectivity index (χ2n) is 4.09. The minimum atomic E-state index is -3.56. The highest BCUT2D eigenvalue weighted by molar-refractivity contribution is 7.89. The van der Waals surface area contributed by atoms with Gasteiger partial charge in [0, 0.05) is 12.4 Å². The van der Waals surface area contributed by atoms with Crippen molar-refractivity contribution >= 4 is 10.0 Å². The highest BCUT2D eigenvalue weighted by Crippen LogP contribution is 2.32. The average Bonchev–Trinajstić information content (AvgIpc) is 2.25. The molecule has 0 spiro atoms. The van der Waals surface area contributed by atoms with E-state index in [1.54, 1.807) is 6.07 Å². The summed E-state index contributed by atoms with van der Waals surface area (Å²) >= 11 is 0. The first kappa shape index (κ1) is 11.5. The third-order valence-electron chi connectivity index (χ3n) is 2.91. The molecule has 1 aliphatic carbocycles. The molecule has 0 bridgehead atoms. The van der Waals surface area contributed by atoms with E-state index >= 15 is 0 Å². The van der Waals surface area contributed by atoms with Crippen molar-refractivity contribution in [3.05, 3.63) is 24.5 Å². The Morgan fingerprint density at radius 1 is 1.50 bits per heavy atom. The molecular formula is C10H14N2O3S. The Balaban J connectivity index is 2.21. The van der Waals surface area contributed by atoms with Crippen molar-refractivity contribution in [1.82, 2.24) is 9.71 Å². The molecule has 1 fully saturated rings. The average molecular weight is 242 g/mol. The van der Waals surface area contributed by atoms with Crippen molar-refractivity contribution in [2.45, 2.75) is 29.7 Å². The van der Waals surface area contributed by atoms with E-state index in [2.05, 4.69) is 9.71 Å². The van der Waals surface area contributed by atoms with Crippen LogP contribution in [0.5, 0.6) is 0 Å². The van der Waals surface area contributed by atoms with Gasteiger partial charge in [0.15, 0.2) is 0 Å². The molecule has 2 N–H and O–H groups in total. The van der Waals surface area contributed by atoms with Gasteiger partial charge in [-0.2, -0.15) is 0 Å². The Kier molecular flexibility index (Phi) is 2.96. The lowest BCUT2D eigenvalue weighted by atomic mass is 9.78. The van der Waals surface area contributed by atoms with E-state index in [9.17, 15) is 13.5 Å². The fourth-order valence-corrected chi connectivity index (χ4v) is 3.16. The molecule has 1 heterocycles. The van der Waals surface area contributed by atoms with Gasteiger partial charge in [0.25, 0.3) is 0 Å². The lowest BCUT2D eigenvalue weighted by molar-refractivity contribution is 0.110. The molecule has 0 amide bonds. The molecule has 5 nitrogen and oxygen atoms in total. The van der Waals surface area contributed by atoms with Crippen molar-refractivity contribution in [3.8, 4) is 0 Å². The van der Waals surface area contributed by atoms with Gasteiger partial charge in [-0.1, -0.05) is 0 Å². The summed E-state index contributed by atoms with van der Waals surface area (Å²) in [7, 11) is -3.56. The number of hydrogen-bond acceptors (Lipinski definition) is 4. The summed E-state index contributed by atoms with van der Waals surface area (Å²) in [6, 6.07) is 3.06. The summed E-state index contributed by atoms with van der Waals surface area (Å²) in [4.78, 5) is 3.90. The van der Waals surface area contributed by atoms with Gasteiger partial charge < -0.3 is 5.11 Å². The summed E-state index contributed by atoms with van der Waals surface area (Å²) in [5.74, 6) is 0. The van der Waals surface area contributed by atoms with Gasteiger partial charge in [-0.15, -0.1) is 0 Å². The first-order valence-electron chi connectivity index (χ1n) is 5.13. The van der Waals surface area contributed by atoms with Gasteiger partial charge in [0.1, 0.15) is 4.90 Å². The van der Waals surface area contributed by atoms with E-state index in [1.165, 1.54) is 18.5 Å². The number of nitrogens with zero attached hydrogens (tertiary/aromatic N) is 1. The standard InChI is InChI=1S/C10H14N2O3S/c13-8-10(4-2-5-10)12-16(14,15)9-3-1-6-11-7-9/h1,3,6-7,12-13H,2,4-5,8H2. The van der Waals surface area contributed by atoms with Crippen LogP contribution in [0.4, 0.5) is 0 Å². The number of hydrogen-bond donors (Lipinski definition) is 2. The third-order valence-corrected chi connectivity index (χ3v) is 4.47. The second-order valence-corrected chi connectivity index (χ2v) is 5.77. The molecule has 1 aromatic heterocycles. The molecule has 16 heavy (non-hydrogen) atoms. The van der Waals surface area contributed by atoms with Crippen molar-refractivity contribution in [1.29, 1.82) is 0 Å². The number of aromatic nitrogens is 1. The predicted molar refractivity (Wildman–Crippen MR) is 58.2 cm³/mol. The molecule has 1 saturated carbocycles. The van der Waals surface area contributed by atoms with Gasteiger partial charge in [-0.3, -0.25) is 4.98 Å². The van der Waals surface area contributed by atoms with Gasteiger partial charge in [0.05, 0.1) is 12.1 Å². The Bertz CT molecular complexity index is 449. The van der Waals surface area contributed by atoms with Crippen LogP contribution >= 0.6 is 0 Å². The Morgan fingerprint density at radius 3 is 2.69 bits per heavy atom. The first-order valence-corrected chi connectivity index (χ1v) is 6.61. The smallest absolute Gasteiger partial charge is 0.242 e. The molecule has 0 unspecified atom stereocenters. The van der Waals surface area contributed by atoms with E-state index in [1.807, 2.05) is 0 Å². The van der Waals surface area contributed by atoms with Gasteiger partial charge in [-0.05, 0) is 31.4 Å². The van der Waals surface area contributed by atoms with Gasteiger partial charge in [-0.25, -0.2) is 13.1 Å². The van der Waals surface area contributed by atoms with Crippen LogP contribution in [0.3, 0.4) is 0 Å². The number of pyridine rings is 1. The van der Waals surface area contributed by atoms with E-state index in [-0.39, 0.29) is 11.5 Å². The molecule has 6 heteroatoms. The van der Waals surface area contributed by atoms with Crippen LogP contribution in [0.25, 0.3) is 0 Å². The summed E-state index contributed by atoms with van der Waals surface area (Å²) in [6.45, 7) is -0.160. The Hall–Kier alpha value is -0.980. The molecule has 1 aliphatic rings. The first-order chi connectivity index (χ1) is 7.58. The molecule has 2 rings (SSSR count). The van der Waals surface area contributed by atoms with Crippen molar-refractivity contribution < 1.29 is 13.5 Å². The largest absolute Gasteiger partial charge is 0.394 e. The monoisotopic (exact) mass is 242 g/mol. The Morgan fingerprint density at radius 2 is 2.25 bits per heavy atom. The van der Waals surface area contributed by atoms with Crippen LogP contribution in [-0.4, -0.2) is 30.7 Å². The van der Waals surface area contributed by atoms with Gasteiger partial charge >= 0.3 is 0 Å². The lowest BCUT2D eigenvalue weighted by Gasteiger charge is -2.40. The summed E-state index contributed by atoms with van der Waals surface area (Å²) in [6.07, 6.45) is 5.12. The lowest BCUT2D eigenvalue weighted by Crippen LogP contribution is -2.55. The maximum absolute atomic E-state index is 11.9. The highest BCUT2D eigenvalue weighted by Gasteiger charge is 2.40. The van der Waals surface area contributed by atoms with E-state index in [0.717, 1.165) is 6.42 Å².